The van der Waals surface area contributed by atoms with Crippen molar-refractivity contribution in [1.82, 2.24) is 16.0 Å². The standard InChI is InChI=1S/C15H22ClN3O/c1-10(19-15(20)17-2)14-9-12(16)3-4-13(14)11-5-7-18-8-6-11/h3-4,9-11,18H,5-8H2,1-2H3,(H2,17,19,20). The minimum Gasteiger partial charge on any atom is -0.341 e. The molecule has 1 aliphatic heterocycles. The minimum atomic E-state index is -0.172. The lowest BCUT2D eigenvalue weighted by atomic mass is 9.85. The Bertz CT molecular complexity index is 472. The van der Waals surface area contributed by atoms with Crippen LogP contribution in [0.25, 0.3) is 0 Å². The Morgan fingerprint density at radius 1 is 1.40 bits per heavy atom. The number of hydrogen-bond donors (Lipinski definition) is 3. The van der Waals surface area contributed by atoms with Crippen molar-refractivity contribution in [2.45, 2.75) is 31.7 Å². The van der Waals surface area contributed by atoms with Gasteiger partial charge in [0.25, 0.3) is 0 Å². The van der Waals surface area contributed by atoms with Gasteiger partial charge in [0.05, 0.1) is 6.04 Å². The Morgan fingerprint density at radius 2 is 2.10 bits per heavy atom. The number of rotatable bonds is 3. The number of carbonyl (C=O) groups is 1. The van der Waals surface area contributed by atoms with E-state index in [0.717, 1.165) is 31.5 Å². The van der Waals surface area contributed by atoms with Crippen molar-refractivity contribution in [3.63, 3.8) is 0 Å². The fourth-order valence-corrected chi connectivity index (χ4v) is 2.95. The second-order valence-corrected chi connectivity index (χ2v) is 5.68. The Morgan fingerprint density at radius 3 is 2.75 bits per heavy atom. The molecule has 0 radical (unpaired) electrons. The molecule has 1 aromatic carbocycles. The van der Waals surface area contributed by atoms with Crippen molar-refractivity contribution in [2.75, 3.05) is 20.1 Å². The maximum Gasteiger partial charge on any atom is 0.315 e. The third-order valence-corrected chi connectivity index (χ3v) is 4.10. The van der Waals surface area contributed by atoms with Gasteiger partial charge < -0.3 is 16.0 Å². The van der Waals surface area contributed by atoms with Crippen LogP contribution in [0.5, 0.6) is 0 Å². The molecule has 4 nitrogen and oxygen atoms in total. The summed E-state index contributed by atoms with van der Waals surface area (Å²) < 4.78 is 0. The second-order valence-electron chi connectivity index (χ2n) is 5.24. The smallest absolute Gasteiger partial charge is 0.315 e. The topological polar surface area (TPSA) is 53.2 Å². The van der Waals surface area contributed by atoms with Gasteiger partial charge in [-0.05, 0) is 62.0 Å². The molecule has 1 aromatic rings. The van der Waals surface area contributed by atoms with Crippen molar-refractivity contribution < 1.29 is 4.79 Å². The largest absolute Gasteiger partial charge is 0.341 e. The van der Waals surface area contributed by atoms with Gasteiger partial charge in [0, 0.05) is 12.1 Å². The van der Waals surface area contributed by atoms with Crippen LogP contribution in [0.15, 0.2) is 18.2 Å². The summed E-state index contributed by atoms with van der Waals surface area (Å²) in [5.41, 5.74) is 2.42. The molecular weight excluding hydrogens is 274 g/mol. The summed E-state index contributed by atoms with van der Waals surface area (Å²) in [7, 11) is 1.62. The van der Waals surface area contributed by atoms with E-state index >= 15 is 0 Å². The average molecular weight is 296 g/mol. The Balaban J connectivity index is 2.24. The van der Waals surface area contributed by atoms with Gasteiger partial charge in [0.15, 0.2) is 0 Å². The lowest BCUT2D eigenvalue weighted by molar-refractivity contribution is 0.240. The number of piperidine rings is 1. The Labute approximate surface area is 125 Å². The number of amides is 2. The van der Waals surface area contributed by atoms with Crippen molar-refractivity contribution in [1.29, 1.82) is 0 Å². The van der Waals surface area contributed by atoms with Crippen molar-refractivity contribution in [3.8, 4) is 0 Å². The normalized spacial score (nSPS) is 17.6. The van der Waals surface area contributed by atoms with E-state index in [1.54, 1.807) is 7.05 Å². The zero-order valence-electron chi connectivity index (χ0n) is 12.0. The van der Waals surface area contributed by atoms with E-state index in [0.29, 0.717) is 10.9 Å². The van der Waals surface area contributed by atoms with E-state index in [4.69, 9.17) is 11.6 Å². The van der Waals surface area contributed by atoms with Crippen LogP contribution in [0.2, 0.25) is 5.02 Å². The third kappa shape index (κ3) is 3.64. The number of halogens is 1. The van der Waals surface area contributed by atoms with Crippen molar-refractivity contribution >= 4 is 17.6 Å². The predicted octanol–water partition coefficient (Wildman–Crippen LogP) is 2.80. The highest BCUT2D eigenvalue weighted by atomic mass is 35.5. The van der Waals surface area contributed by atoms with Crippen LogP contribution in [-0.2, 0) is 0 Å². The molecule has 1 aliphatic rings. The summed E-state index contributed by atoms with van der Waals surface area (Å²) in [6.07, 6.45) is 2.25. The third-order valence-electron chi connectivity index (χ3n) is 3.87. The quantitative estimate of drug-likeness (QED) is 0.803. The fourth-order valence-electron chi connectivity index (χ4n) is 2.77. The van der Waals surface area contributed by atoms with Gasteiger partial charge in [0.2, 0.25) is 0 Å². The van der Waals surface area contributed by atoms with Gasteiger partial charge in [0.1, 0.15) is 0 Å². The molecule has 0 saturated carbocycles. The maximum atomic E-state index is 11.5. The van der Waals surface area contributed by atoms with Gasteiger partial charge in [-0.25, -0.2) is 4.79 Å². The summed E-state index contributed by atoms with van der Waals surface area (Å²) >= 11 is 6.13. The molecule has 0 aliphatic carbocycles. The van der Waals surface area contributed by atoms with Crippen LogP contribution < -0.4 is 16.0 Å². The highest BCUT2D eigenvalue weighted by Crippen LogP contribution is 2.32. The highest BCUT2D eigenvalue weighted by molar-refractivity contribution is 6.30. The van der Waals surface area contributed by atoms with Gasteiger partial charge in [-0.2, -0.15) is 0 Å². The van der Waals surface area contributed by atoms with Gasteiger partial charge in [-0.15, -0.1) is 0 Å². The molecule has 110 valence electrons. The number of nitrogens with one attached hydrogen (secondary N) is 3. The first kappa shape index (κ1) is 15.1. The van der Waals surface area contributed by atoms with Crippen LogP contribution in [0.4, 0.5) is 4.79 Å². The van der Waals surface area contributed by atoms with Crippen LogP contribution in [0.3, 0.4) is 0 Å². The molecule has 0 aromatic heterocycles. The monoisotopic (exact) mass is 295 g/mol. The zero-order chi connectivity index (χ0) is 14.5. The molecule has 5 heteroatoms. The van der Waals surface area contributed by atoms with Crippen molar-refractivity contribution in [3.05, 3.63) is 34.3 Å². The molecule has 1 atom stereocenters. The summed E-state index contributed by atoms with van der Waals surface area (Å²) in [6, 6.07) is 5.79. The molecule has 0 spiro atoms. The molecule has 2 rings (SSSR count). The summed E-state index contributed by atoms with van der Waals surface area (Å²) in [5, 5.41) is 9.61. The average Bonchev–Trinajstić information content (AvgIpc) is 2.47. The Kier molecular flexibility index (Phi) is 5.26. The first-order valence-corrected chi connectivity index (χ1v) is 7.48. The molecule has 1 fully saturated rings. The van der Waals surface area contributed by atoms with Crippen LogP contribution >= 0.6 is 11.6 Å². The first-order chi connectivity index (χ1) is 9.61. The molecular formula is C15H22ClN3O. The molecule has 0 bridgehead atoms. The van der Waals surface area contributed by atoms with Gasteiger partial charge >= 0.3 is 6.03 Å². The summed E-state index contributed by atoms with van der Waals surface area (Å²) in [5.74, 6) is 0.539. The number of carbonyl (C=O) groups excluding carboxylic acids is 1. The van der Waals surface area contributed by atoms with E-state index in [9.17, 15) is 4.79 Å². The van der Waals surface area contributed by atoms with E-state index in [-0.39, 0.29) is 12.1 Å². The summed E-state index contributed by atoms with van der Waals surface area (Å²) in [6.45, 7) is 4.08. The van der Waals surface area contributed by atoms with Crippen LogP contribution in [-0.4, -0.2) is 26.2 Å². The Hall–Kier alpha value is -1.26. The number of urea groups is 1. The number of hydrogen-bond acceptors (Lipinski definition) is 2. The first-order valence-electron chi connectivity index (χ1n) is 7.10. The fraction of sp³-hybridized carbons (Fsp3) is 0.533. The summed E-state index contributed by atoms with van der Waals surface area (Å²) in [4.78, 5) is 11.5. The molecule has 3 N–H and O–H groups in total. The molecule has 20 heavy (non-hydrogen) atoms. The van der Waals surface area contributed by atoms with E-state index in [1.165, 1.54) is 5.56 Å². The van der Waals surface area contributed by atoms with Gasteiger partial charge in [-0.1, -0.05) is 17.7 Å². The molecule has 1 heterocycles. The predicted molar refractivity (Wildman–Crippen MR) is 82.3 cm³/mol. The maximum absolute atomic E-state index is 11.5. The zero-order valence-corrected chi connectivity index (χ0v) is 12.8. The minimum absolute atomic E-state index is 0.0569. The van der Waals surface area contributed by atoms with E-state index < -0.39 is 0 Å². The van der Waals surface area contributed by atoms with Crippen LogP contribution in [0, 0.1) is 0 Å². The van der Waals surface area contributed by atoms with E-state index in [2.05, 4.69) is 22.0 Å². The lowest BCUT2D eigenvalue weighted by Crippen LogP contribution is -2.35. The molecule has 1 unspecified atom stereocenters. The highest BCUT2D eigenvalue weighted by Gasteiger charge is 2.21. The number of benzene rings is 1. The molecule has 1 saturated heterocycles. The van der Waals surface area contributed by atoms with Crippen molar-refractivity contribution in [2.24, 2.45) is 0 Å². The molecule has 2 amide bonds. The van der Waals surface area contributed by atoms with Crippen LogP contribution in [0.1, 0.15) is 42.9 Å². The van der Waals surface area contributed by atoms with E-state index in [1.807, 2.05) is 19.1 Å². The second kappa shape index (κ2) is 6.95. The van der Waals surface area contributed by atoms with Gasteiger partial charge in [-0.3, -0.25) is 0 Å². The SMILES string of the molecule is CNC(=O)NC(C)c1cc(Cl)ccc1C1CCNCC1. The lowest BCUT2D eigenvalue weighted by Gasteiger charge is -2.27.